The first-order chi connectivity index (χ1) is 17.5. The zero-order chi connectivity index (χ0) is 25.5. The number of rotatable bonds is 10. The molecule has 4 rings (SSSR count). The molecule has 36 heavy (non-hydrogen) atoms. The number of ether oxygens (including phenoxy) is 2. The van der Waals surface area contributed by atoms with Gasteiger partial charge in [0.1, 0.15) is 17.2 Å². The lowest BCUT2D eigenvalue weighted by molar-refractivity contribution is 0.229. The SMILES string of the molecule is CCOP(=O)(C=Cc1ccc(Oc2c(-c3ccccc3)c(C)cc3cc(OC)ccc23)cc1)OCC. The Hall–Kier alpha value is -3.37. The lowest BCUT2D eigenvalue weighted by Gasteiger charge is -2.18. The number of hydrogen-bond acceptors (Lipinski definition) is 5. The molecule has 0 aromatic heterocycles. The fourth-order valence-electron chi connectivity index (χ4n) is 4.11. The molecule has 0 spiro atoms. The van der Waals surface area contributed by atoms with Gasteiger partial charge in [-0.1, -0.05) is 48.5 Å². The summed E-state index contributed by atoms with van der Waals surface area (Å²) >= 11 is 0. The van der Waals surface area contributed by atoms with E-state index in [0.717, 1.165) is 44.5 Å². The maximum Gasteiger partial charge on any atom is 0.354 e. The highest BCUT2D eigenvalue weighted by Crippen LogP contribution is 2.50. The number of benzene rings is 4. The van der Waals surface area contributed by atoms with Crippen LogP contribution in [0.4, 0.5) is 0 Å². The predicted octanol–water partition coefficient (Wildman–Crippen LogP) is 8.85. The van der Waals surface area contributed by atoms with Gasteiger partial charge in [0.15, 0.2) is 0 Å². The van der Waals surface area contributed by atoms with Crippen LogP contribution in [0.1, 0.15) is 25.0 Å². The standard InChI is InChI=1S/C30H31O5P/c1-5-33-36(31,34-6-2)19-18-23-12-14-26(15-13-23)35-30-28-17-16-27(32-4)21-25(28)20-22(3)29(30)24-10-8-7-9-11-24/h7-21H,5-6H2,1-4H3. The Morgan fingerprint density at radius 3 is 2.14 bits per heavy atom. The van der Waals surface area contributed by atoms with Gasteiger partial charge >= 0.3 is 7.60 Å². The smallest absolute Gasteiger partial charge is 0.354 e. The fourth-order valence-corrected chi connectivity index (χ4v) is 5.43. The van der Waals surface area contributed by atoms with Gasteiger partial charge < -0.3 is 18.5 Å². The zero-order valence-corrected chi connectivity index (χ0v) is 22.0. The van der Waals surface area contributed by atoms with Gasteiger partial charge in [-0.25, -0.2) is 0 Å². The van der Waals surface area contributed by atoms with Crippen LogP contribution >= 0.6 is 7.60 Å². The van der Waals surface area contributed by atoms with Gasteiger partial charge in [-0.2, -0.15) is 0 Å². The van der Waals surface area contributed by atoms with Crippen molar-refractivity contribution in [2.45, 2.75) is 20.8 Å². The van der Waals surface area contributed by atoms with E-state index < -0.39 is 7.60 Å². The van der Waals surface area contributed by atoms with Crippen LogP contribution < -0.4 is 9.47 Å². The number of aryl methyl sites for hydroxylation is 1. The van der Waals surface area contributed by atoms with Gasteiger partial charge in [-0.15, -0.1) is 0 Å². The fraction of sp³-hybridized carbons (Fsp3) is 0.200. The van der Waals surface area contributed by atoms with Gasteiger partial charge in [0.05, 0.1) is 20.3 Å². The van der Waals surface area contributed by atoms with Crippen molar-refractivity contribution in [3.05, 3.63) is 95.8 Å². The Morgan fingerprint density at radius 1 is 0.833 bits per heavy atom. The Bertz CT molecular complexity index is 1380. The number of hydrogen-bond donors (Lipinski definition) is 0. The third-order valence-electron chi connectivity index (χ3n) is 5.73. The predicted molar refractivity (Wildman–Crippen MR) is 147 cm³/mol. The van der Waals surface area contributed by atoms with E-state index >= 15 is 0 Å². The maximum atomic E-state index is 12.7. The Morgan fingerprint density at radius 2 is 1.50 bits per heavy atom. The van der Waals surface area contributed by atoms with E-state index in [1.807, 2.05) is 60.7 Å². The summed E-state index contributed by atoms with van der Waals surface area (Å²) in [5.74, 6) is 3.79. The van der Waals surface area contributed by atoms with Crippen molar-refractivity contribution in [3.63, 3.8) is 0 Å². The quantitative estimate of drug-likeness (QED) is 0.203. The summed E-state index contributed by atoms with van der Waals surface area (Å²) in [6.07, 6.45) is 1.75. The lowest BCUT2D eigenvalue weighted by Crippen LogP contribution is -1.94. The third kappa shape index (κ3) is 5.88. The first kappa shape index (κ1) is 25.7. The molecule has 0 saturated heterocycles. The molecule has 0 aliphatic rings. The minimum absolute atomic E-state index is 0.314. The van der Waals surface area contributed by atoms with Crippen LogP contribution in [-0.2, 0) is 13.6 Å². The molecule has 0 N–H and O–H groups in total. The second-order valence-corrected chi connectivity index (χ2v) is 10.1. The molecule has 0 aliphatic carbocycles. The largest absolute Gasteiger partial charge is 0.497 e. The van der Waals surface area contributed by atoms with Crippen LogP contribution in [0.25, 0.3) is 28.0 Å². The second-order valence-electron chi connectivity index (χ2n) is 8.21. The van der Waals surface area contributed by atoms with Crippen LogP contribution in [0, 0.1) is 6.92 Å². The maximum absolute atomic E-state index is 12.7. The topological polar surface area (TPSA) is 54.0 Å². The van der Waals surface area contributed by atoms with Crippen molar-refractivity contribution < 1.29 is 23.1 Å². The molecule has 0 bridgehead atoms. The molecule has 4 aromatic rings. The minimum Gasteiger partial charge on any atom is -0.497 e. The Labute approximate surface area is 212 Å². The highest BCUT2D eigenvalue weighted by molar-refractivity contribution is 7.57. The molecule has 0 unspecified atom stereocenters. The van der Waals surface area contributed by atoms with Crippen molar-refractivity contribution in [1.82, 2.24) is 0 Å². The molecule has 186 valence electrons. The average molecular weight is 503 g/mol. The summed E-state index contributed by atoms with van der Waals surface area (Å²) < 4.78 is 35.3. The van der Waals surface area contributed by atoms with Crippen LogP contribution in [0.3, 0.4) is 0 Å². The van der Waals surface area contributed by atoms with Crippen molar-refractivity contribution in [1.29, 1.82) is 0 Å². The highest BCUT2D eigenvalue weighted by Gasteiger charge is 2.19. The normalized spacial score (nSPS) is 11.8. The Balaban J connectivity index is 1.71. The van der Waals surface area contributed by atoms with Crippen LogP contribution in [0.15, 0.2) is 84.7 Å². The first-order valence-electron chi connectivity index (χ1n) is 12.0. The van der Waals surface area contributed by atoms with E-state index in [-0.39, 0.29) is 0 Å². The summed E-state index contributed by atoms with van der Waals surface area (Å²) in [5, 5.41) is 2.04. The molecule has 0 saturated carbocycles. The van der Waals surface area contributed by atoms with Gasteiger partial charge in [0, 0.05) is 16.8 Å². The first-order valence-corrected chi connectivity index (χ1v) is 13.6. The molecule has 0 heterocycles. The van der Waals surface area contributed by atoms with Crippen LogP contribution in [0.5, 0.6) is 17.2 Å². The minimum atomic E-state index is -3.25. The number of fused-ring (bicyclic) bond motifs is 1. The molecule has 6 heteroatoms. The van der Waals surface area contributed by atoms with E-state index in [9.17, 15) is 4.57 Å². The number of methoxy groups -OCH3 is 1. The van der Waals surface area contributed by atoms with E-state index in [1.54, 1.807) is 27.0 Å². The summed E-state index contributed by atoms with van der Waals surface area (Å²) in [7, 11) is -1.59. The van der Waals surface area contributed by atoms with E-state index in [1.165, 1.54) is 5.82 Å². The van der Waals surface area contributed by atoms with Crippen molar-refractivity contribution in [2.24, 2.45) is 0 Å². The van der Waals surface area contributed by atoms with Gasteiger partial charge in [-0.05, 0) is 79.3 Å². The molecule has 0 amide bonds. The molecule has 0 atom stereocenters. The molecule has 0 fully saturated rings. The van der Waals surface area contributed by atoms with Crippen molar-refractivity contribution >= 4 is 24.4 Å². The molecular weight excluding hydrogens is 471 g/mol. The summed E-state index contributed by atoms with van der Waals surface area (Å²) in [6.45, 7) is 6.31. The second kappa shape index (κ2) is 11.6. The van der Waals surface area contributed by atoms with Crippen LogP contribution in [0.2, 0.25) is 0 Å². The van der Waals surface area contributed by atoms with Gasteiger partial charge in [-0.3, -0.25) is 4.57 Å². The summed E-state index contributed by atoms with van der Waals surface area (Å²) in [5.41, 5.74) is 4.11. The van der Waals surface area contributed by atoms with Crippen molar-refractivity contribution in [3.8, 4) is 28.4 Å². The zero-order valence-electron chi connectivity index (χ0n) is 21.1. The lowest BCUT2D eigenvalue weighted by atomic mass is 9.94. The third-order valence-corrected chi connectivity index (χ3v) is 7.48. The molecular formula is C30H31O5P. The van der Waals surface area contributed by atoms with E-state index in [0.29, 0.717) is 19.0 Å². The molecule has 0 aliphatic heterocycles. The van der Waals surface area contributed by atoms with Gasteiger partial charge in [0.25, 0.3) is 0 Å². The molecule has 5 nitrogen and oxygen atoms in total. The Kier molecular flexibility index (Phi) is 8.27. The van der Waals surface area contributed by atoms with Crippen molar-refractivity contribution in [2.75, 3.05) is 20.3 Å². The van der Waals surface area contributed by atoms with E-state index in [4.69, 9.17) is 18.5 Å². The highest BCUT2D eigenvalue weighted by atomic mass is 31.2. The monoisotopic (exact) mass is 502 g/mol. The molecule has 4 aromatic carbocycles. The summed E-state index contributed by atoms with van der Waals surface area (Å²) in [6, 6.07) is 26.0. The van der Waals surface area contributed by atoms with E-state index in [2.05, 4.69) is 25.1 Å². The summed E-state index contributed by atoms with van der Waals surface area (Å²) in [4.78, 5) is 0. The average Bonchev–Trinajstić information content (AvgIpc) is 2.89. The molecule has 0 radical (unpaired) electrons. The van der Waals surface area contributed by atoms with Crippen LogP contribution in [-0.4, -0.2) is 20.3 Å². The van der Waals surface area contributed by atoms with Gasteiger partial charge in [0.2, 0.25) is 0 Å².